The first kappa shape index (κ1) is 12.2. The topological polar surface area (TPSA) is 37.8 Å². The van der Waals surface area contributed by atoms with E-state index in [1.807, 2.05) is 42.7 Å². The van der Waals surface area contributed by atoms with Crippen LogP contribution in [0.4, 0.5) is 5.69 Å². The van der Waals surface area contributed by atoms with E-state index in [-0.39, 0.29) is 0 Å². The molecule has 0 saturated heterocycles. The van der Waals surface area contributed by atoms with E-state index in [0.717, 1.165) is 17.1 Å². The van der Waals surface area contributed by atoms with Gasteiger partial charge in [0.15, 0.2) is 5.82 Å². The van der Waals surface area contributed by atoms with Gasteiger partial charge < -0.3 is 5.32 Å². The summed E-state index contributed by atoms with van der Waals surface area (Å²) < 4.78 is 0. The summed E-state index contributed by atoms with van der Waals surface area (Å²) in [5, 5.41) is 3.53. The predicted octanol–water partition coefficient (Wildman–Crippen LogP) is 3.89. The lowest BCUT2D eigenvalue weighted by atomic mass is 9.95. The van der Waals surface area contributed by atoms with Gasteiger partial charge >= 0.3 is 0 Å². The fourth-order valence-corrected chi connectivity index (χ4v) is 2.62. The van der Waals surface area contributed by atoms with Crippen LogP contribution in [0.25, 0.3) is 11.4 Å². The Morgan fingerprint density at radius 3 is 2.26 bits per heavy atom. The van der Waals surface area contributed by atoms with Gasteiger partial charge in [0.1, 0.15) is 0 Å². The van der Waals surface area contributed by atoms with Crippen molar-refractivity contribution in [2.45, 2.75) is 38.1 Å². The molecular weight excluding hydrogens is 234 g/mol. The minimum atomic E-state index is 0.597. The van der Waals surface area contributed by atoms with Crippen LogP contribution in [-0.2, 0) is 0 Å². The third-order valence-corrected chi connectivity index (χ3v) is 3.66. The molecule has 0 spiro atoms. The third kappa shape index (κ3) is 3.11. The Morgan fingerprint density at radius 1 is 0.895 bits per heavy atom. The van der Waals surface area contributed by atoms with Crippen LogP contribution in [0.1, 0.15) is 32.1 Å². The van der Waals surface area contributed by atoms with Gasteiger partial charge in [-0.15, -0.1) is 0 Å². The summed E-state index contributed by atoms with van der Waals surface area (Å²) in [4.78, 5) is 8.88. The maximum absolute atomic E-state index is 4.44. The molecule has 3 rings (SSSR count). The van der Waals surface area contributed by atoms with E-state index in [2.05, 4.69) is 15.3 Å². The standard InChI is InChI=1S/C16H19N3/c1-3-7-13(8-4-1)16-17-11-15(12-18-16)19-14-9-5-2-6-10-14/h1,3-4,7-8,11-12,14,19H,2,5-6,9-10H2. The van der Waals surface area contributed by atoms with Crippen molar-refractivity contribution < 1.29 is 0 Å². The molecule has 3 heteroatoms. The van der Waals surface area contributed by atoms with Crippen LogP contribution >= 0.6 is 0 Å². The van der Waals surface area contributed by atoms with E-state index >= 15 is 0 Å². The second-order valence-corrected chi connectivity index (χ2v) is 5.14. The van der Waals surface area contributed by atoms with Crippen LogP contribution in [0.2, 0.25) is 0 Å². The molecule has 1 heterocycles. The zero-order valence-electron chi connectivity index (χ0n) is 11.0. The molecule has 1 fully saturated rings. The van der Waals surface area contributed by atoms with Gasteiger partial charge in [0, 0.05) is 11.6 Å². The summed E-state index contributed by atoms with van der Waals surface area (Å²) in [7, 11) is 0. The van der Waals surface area contributed by atoms with Gasteiger partial charge in [-0.25, -0.2) is 9.97 Å². The van der Waals surface area contributed by atoms with Crippen molar-refractivity contribution >= 4 is 5.69 Å². The Kier molecular flexibility index (Phi) is 3.73. The Labute approximate surface area is 114 Å². The first-order valence-electron chi connectivity index (χ1n) is 7.06. The van der Waals surface area contributed by atoms with Crippen molar-refractivity contribution in [1.82, 2.24) is 9.97 Å². The van der Waals surface area contributed by atoms with Crippen LogP contribution in [0, 0.1) is 0 Å². The van der Waals surface area contributed by atoms with Gasteiger partial charge in [-0.05, 0) is 12.8 Å². The molecule has 19 heavy (non-hydrogen) atoms. The van der Waals surface area contributed by atoms with Crippen molar-refractivity contribution in [1.29, 1.82) is 0 Å². The molecule has 0 bridgehead atoms. The van der Waals surface area contributed by atoms with Crippen molar-refractivity contribution in [3.05, 3.63) is 42.7 Å². The largest absolute Gasteiger partial charge is 0.380 e. The zero-order chi connectivity index (χ0) is 12.9. The summed E-state index contributed by atoms with van der Waals surface area (Å²) in [6, 6.07) is 10.7. The molecule has 1 aliphatic carbocycles. The number of rotatable bonds is 3. The number of benzene rings is 1. The van der Waals surface area contributed by atoms with Gasteiger partial charge in [0.2, 0.25) is 0 Å². The summed E-state index contributed by atoms with van der Waals surface area (Å²) in [5.41, 5.74) is 2.10. The van der Waals surface area contributed by atoms with E-state index in [1.165, 1.54) is 32.1 Å². The number of hydrogen-bond acceptors (Lipinski definition) is 3. The highest BCUT2D eigenvalue weighted by Gasteiger charge is 2.13. The van der Waals surface area contributed by atoms with E-state index in [0.29, 0.717) is 6.04 Å². The number of aromatic nitrogens is 2. The molecule has 3 nitrogen and oxygen atoms in total. The van der Waals surface area contributed by atoms with E-state index in [1.54, 1.807) is 0 Å². The van der Waals surface area contributed by atoms with Crippen LogP contribution in [-0.4, -0.2) is 16.0 Å². The molecule has 98 valence electrons. The highest BCUT2D eigenvalue weighted by molar-refractivity contribution is 5.55. The molecule has 2 aromatic rings. The number of nitrogens with zero attached hydrogens (tertiary/aromatic N) is 2. The van der Waals surface area contributed by atoms with Crippen molar-refractivity contribution in [3.8, 4) is 11.4 Å². The fraction of sp³-hybridized carbons (Fsp3) is 0.375. The number of hydrogen-bond donors (Lipinski definition) is 1. The van der Waals surface area contributed by atoms with Crippen LogP contribution in [0.3, 0.4) is 0 Å². The lowest BCUT2D eigenvalue weighted by Gasteiger charge is -2.23. The van der Waals surface area contributed by atoms with Gasteiger partial charge in [-0.1, -0.05) is 49.6 Å². The smallest absolute Gasteiger partial charge is 0.159 e. The summed E-state index contributed by atoms with van der Waals surface area (Å²) in [6.07, 6.45) is 10.4. The van der Waals surface area contributed by atoms with Crippen molar-refractivity contribution in [3.63, 3.8) is 0 Å². The molecule has 1 saturated carbocycles. The minimum Gasteiger partial charge on any atom is -0.380 e. The Balaban J connectivity index is 1.68. The molecule has 0 amide bonds. The molecule has 0 atom stereocenters. The molecule has 1 aromatic heterocycles. The molecule has 1 N–H and O–H groups in total. The highest BCUT2D eigenvalue weighted by atomic mass is 15.0. The average Bonchev–Trinajstić information content (AvgIpc) is 2.50. The second kappa shape index (κ2) is 5.83. The molecular formula is C16H19N3. The lowest BCUT2D eigenvalue weighted by Crippen LogP contribution is -2.22. The molecule has 0 aliphatic heterocycles. The predicted molar refractivity (Wildman–Crippen MR) is 78.0 cm³/mol. The average molecular weight is 253 g/mol. The van der Waals surface area contributed by atoms with Crippen LogP contribution < -0.4 is 5.32 Å². The zero-order valence-corrected chi connectivity index (χ0v) is 11.0. The molecule has 0 unspecified atom stereocenters. The molecule has 1 aliphatic rings. The highest BCUT2D eigenvalue weighted by Crippen LogP contribution is 2.21. The quantitative estimate of drug-likeness (QED) is 0.901. The van der Waals surface area contributed by atoms with E-state index in [9.17, 15) is 0 Å². The normalized spacial score (nSPS) is 16.2. The maximum Gasteiger partial charge on any atom is 0.159 e. The third-order valence-electron chi connectivity index (χ3n) is 3.66. The molecule has 1 aromatic carbocycles. The van der Waals surface area contributed by atoms with Crippen molar-refractivity contribution in [2.75, 3.05) is 5.32 Å². The van der Waals surface area contributed by atoms with E-state index in [4.69, 9.17) is 0 Å². The minimum absolute atomic E-state index is 0.597. The van der Waals surface area contributed by atoms with Gasteiger partial charge in [0.25, 0.3) is 0 Å². The second-order valence-electron chi connectivity index (χ2n) is 5.14. The Morgan fingerprint density at radius 2 is 1.58 bits per heavy atom. The fourth-order valence-electron chi connectivity index (χ4n) is 2.62. The number of anilines is 1. The summed E-state index contributed by atoms with van der Waals surface area (Å²) >= 11 is 0. The van der Waals surface area contributed by atoms with Crippen molar-refractivity contribution in [2.24, 2.45) is 0 Å². The summed E-state index contributed by atoms with van der Waals surface area (Å²) in [6.45, 7) is 0. The van der Waals surface area contributed by atoms with Gasteiger partial charge in [-0.3, -0.25) is 0 Å². The Bertz CT molecular complexity index is 501. The van der Waals surface area contributed by atoms with E-state index < -0.39 is 0 Å². The molecule has 0 radical (unpaired) electrons. The first-order valence-corrected chi connectivity index (χ1v) is 7.06. The SMILES string of the molecule is c1ccc(-c2ncc(NC3CCCCC3)cn2)cc1. The van der Waals surface area contributed by atoms with Gasteiger partial charge in [0.05, 0.1) is 18.1 Å². The van der Waals surface area contributed by atoms with Crippen LogP contribution in [0.15, 0.2) is 42.7 Å². The monoisotopic (exact) mass is 253 g/mol. The summed E-state index contributed by atoms with van der Waals surface area (Å²) in [5.74, 6) is 0.787. The first-order chi connectivity index (χ1) is 9.42. The van der Waals surface area contributed by atoms with Crippen LogP contribution in [0.5, 0.6) is 0 Å². The number of nitrogens with one attached hydrogen (secondary N) is 1. The lowest BCUT2D eigenvalue weighted by molar-refractivity contribution is 0.462. The Hall–Kier alpha value is -1.90. The van der Waals surface area contributed by atoms with Gasteiger partial charge in [-0.2, -0.15) is 0 Å². The maximum atomic E-state index is 4.44.